The van der Waals surface area contributed by atoms with E-state index in [1.165, 1.54) is 38.5 Å². The van der Waals surface area contributed by atoms with Crippen molar-refractivity contribution in [3.05, 3.63) is 0 Å². The van der Waals surface area contributed by atoms with E-state index >= 15 is 0 Å². The Balaban J connectivity index is 2.01. The first-order valence-electron chi connectivity index (χ1n) is 7.73. The molecule has 1 heteroatoms. The van der Waals surface area contributed by atoms with E-state index in [2.05, 4.69) is 20.8 Å². The molecule has 4 aliphatic carbocycles. The van der Waals surface area contributed by atoms with E-state index in [0.717, 1.165) is 18.8 Å². The average molecular weight is 236 g/mol. The molecule has 4 aliphatic rings. The lowest BCUT2D eigenvalue weighted by Gasteiger charge is -2.68. The summed E-state index contributed by atoms with van der Waals surface area (Å²) in [6.45, 7) is 6.98. The van der Waals surface area contributed by atoms with Crippen LogP contribution in [0.25, 0.3) is 0 Å². The third-order valence-corrected chi connectivity index (χ3v) is 6.70. The molecule has 3 atom stereocenters. The van der Waals surface area contributed by atoms with E-state index in [1.807, 2.05) is 0 Å². The number of aliphatic hydroxyl groups is 1. The maximum absolute atomic E-state index is 11.2. The van der Waals surface area contributed by atoms with Gasteiger partial charge in [-0.3, -0.25) is 0 Å². The summed E-state index contributed by atoms with van der Waals surface area (Å²) >= 11 is 0. The highest BCUT2D eigenvalue weighted by Crippen LogP contribution is 2.70. The van der Waals surface area contributed by atoms with E-state index in [9.17, 15) is 5.11 Å². The summed E-state index contributed by atoms with van der Waals surface area (Å²) in [6.07, 6.45) is 10.2. The van der Waals surface area contributed by atoms with Gasteiger partial charge in [0.2, 0.25) is 0 Å². The van der Waals surface area contributed by atoms with E-state index in [1.54, 1.807) is 0 Å². The summed E-state index contributed by atoms with van der Waals surface area (Å²) in [4.78, 5) is 0. The zero-order valence-electron chi connectivity index (χ0n) is 11.8. The highest BCUT2D eigenvalue weighted by Gasteiger charge is 2.65. The van der Waals surface area contributed by atoms with Crippen LogP contribution in [-0.2, 0) is 0 Å². The summed E-state index contributed by atoms with van der Waals surface area (Å²) in [5.41, 5.74) is 0.690. The fraction of sp³-hybridized carbons (Fsp3) is 1.00. The molecule has 0 spiro atoms. The van der Waals surface area contributed by atoms with Crippen molar-refractivity contribution in [3.63, 3.8) is 0 Å². The molecular weight excluding hydrogens is 208 g/mol. The van der Waals surface area contributed by atoms with Crippen molar-refractivity contribution in [1.29, 1.82) is 0 Å². The largest absolute Gasteiger partial charge is 0.390 e. The van der Waals surface area contributed by atoms with Crippen molar-refractivity contribution >= 4 is 0 Å². The Morgan fingerprint density at radius 3 is 1.82 bits per heavy atom. The number of rotatable bonds is 3. The van der Waals surface area contributed by atoms with Crippen LogP contribution in [0.1, 0.15) is 72.1 Å². The Morgan fingerprint density at radius 1 is 0.941 bits per heavy atom. The Morgan fingerprint density at radius 2 is 1.47 bits per heavy atom. The first-order valence-corrected chi connectivity index (χ1v) is 7.73. The van der Waals surface area contributed by atoms with Gasteiger partial charge < -0.3 is 5.11 Å². The minimum Gasteiger partial charge on any atom is -0.390 e. The van der Waals surface area contributed by atoms with Crippen LogP contribution < -0.4 is 0 Å². The molecule has 0 saturated heterocycles. The van der Waals surface area contributed by atoms with Gasteiger partial charge in [0.25, 0.3) is 0 Å². The Hall–Kier alpha value is -0.0400. The molecule has 1 nitrogen and oxygen atoms in total. The fourth-order valence-electron chi connectivity index (χ4n) is 6.24. The molecule has 4 saturated carbocycles. The van der Waals surface area contributed by atoms with Crippen LogP contribution in [0.4, 0.5) is 0 Å². The molecular formula is C16H28O. The van der Waals surface area contributed by atoms with Crippen molar-refractivity contribution in [3.8, 4) is 0 Å². The molecule has 17 heavy (non-hydrogen) atoms. The van der Waals surface area contributed by atoms with Crippen LogP contribution in [0.2, 0.25) is 0 Å². The van der Waals surface area contributed by atoms with Crippen LogP contribution >= 0.6 is 0 Å². The molecule has 0 amide bonds. The molecule has 0 aromatic heterocycles. The molecule has 98 valence electrons. The van der Waals surface area contributed by atoms with Crippen molar-refractivity contribution in [2.45, 2.75) is 77.7 Å². The first kappa shape index (κ1) is 12.0. The van der Waals surface area contributed by atoms with Gasteiger partial charge in [0.1, 0.15) is 0 Å². The summed E-state index contributed by atoms with van der Waals surface area (Å²) < 4.78 is 0. The molecule has 0 aliphatic heterocycles. The second-order valence-electron chi connectivity index (χ2n) is 7.52. The SMILES string of the molecule is CCC1C2CC3(CC)CC(CC)(C2)CC1(O)C3. The third kappa shape index (κ3) is 1.47. The average Bonchev–Trinajstić information content (AvgIpc) is 2.27. The van der Waals surface area contributed by atoms with E-state index < -0.39 is 0 Å². The zero-order valence-corrected chi connectivity index (χ0v) is 11.8. The van der Waals surface area contributed by atoms with Gasteiger partial charge in [-0.05, 0) is 54.8 Å². The predicted molar refractivity (Wildman–Crippen MR) is 70.8 cm³/mol. The topological polar surface area (TPSA) is 20.2 Å². The van der Waals surface area contributed by atoms with Crippen LogP contribution in [0, 0.1) is 22.7 Å². The van der Waals surface area contributed by atoms with Gasteiger partial charge >= 0.3 is 0 Å². The number of hydrogen-bond acceptors (Lipinski definition) is 1. The summed E-state index contributed by atoms with van der Waals surface area (Å²) in [5, 5.41) is 11.2. The van der Waals surface area contributed by atoms with Crippen molar-refractivity contribution in [2.24, 2.45) is 22.7 Å². The lowest BCUT2D eigenvalue weighted by atomic mass is 9.38. The summed E-state index contributed by atoms with van der Waals surface area (Å²) in [6, 6.07) is 0. The molecule has 0 aromatic carbocycles. The Labute approximate surface area is 106 Å². The lowest BCUT2D eigenvalue weighted by molar-refractivity contribution is -0.238. The van der Waals surface area contributed by atoms with E-state index in [0.29, 0.717) is 16.7 Å². The molecule has 0 heterocycles. The van der Waals surface area contributed by atoms with Gasteiger partial charge in [-0.2, -0.15) is 0 Å². The zero-order chi connectivity index (χ0) is 12.3. The molecule has 0 radical (unpaired) electrons. The van der Waals surface area contributed by atoms with Gasteiger partial charge in [-0.15, -0.1) is 0 Å². The first-order chi connectivity index (χ1) is 8.00. The molecule has 4 fully saturated rings. The van der Waals surface area contributed by atoms with Gasteiger partial charge in [0, 0.05) is 0 Å². The van der Waals surface area contributed by atoms with Gasteiger partial charge in [0.15, 0.2) is 0 Å². The monoisotopic (exact) mass is 236 g/mol. The van der Waals surface area contributed by atoms with Gasteiger partial charge in [-0.1, -0.05) is 40.0 Å². The maximum Gasteiger partial charge on any atom is 0.0689 e. The second-order valence-corrected chi connectivity index (χ2v) is 7.52. The molecule has 4 rings (SSSR count). The molecule has 3 unspecified atom stereocenters. The quantitative estimate of drug-likeness (QED) is 0.780. The van der Waals surface area contributed by atoms with Crippen molar-refractivity contribution in [1.82, 2.24) is 0 Å². The van der Waals surface area contributed by atoms with Crippen LogP contribution in [-0.4, -0.2) is 10.7 Å². The highest BCUT2D eigenvalue weighted by molar-refractivity contribution is 5.15. The predicted octanol–water partition coefficient (Wildman–Crippen LogP) is 4.14. The normalized spacial score (nSPS) is 56.5. The summed E-state index contributed by atoms with van der Waals surface area (Å²) in [5.74, 6) is 1.42. The molecule has 0 aromatic rings. The standard InChI is InChI=1S/C16H28O/c1-4-13-12-7-14(5-2)9-15(6-3,8-12)11-16(13,17)10-14/h12-13,17H,4-11H2,1-3H3. The van der Waals surface area contributed by atoms with Gasteiger partial charge in [-0.25, -0.2) is 0 Å². The fourth-order valence-corrected chi connectivity index (χ4v) is 6.24. The van der Waals surface area contributed by atoms with Crippen LogP contribution in [0.5, 0.6) is 0 Å². The lowest BCUT2D eigenvalue weighted by Crippen LogP contribution is -2.64. The molecule has 4 bridgehead atoms. The third-order valence-electron chi connectivity index (χ3n) is 6.70. The summed E-state index contributed by atoms with van der Waals surface area (Å²) in [7, 11) is 0. The van der Waals surface area contributed by atoms with Crippen molar-refractivity contribution < 1.29 is 5.11 Å². The second kappa shape index (κ2) is 3.50. The molecule has 1 N–H and O–H groups in total. The Bertz CT molecular complexity index is 301. The van der Waals surface area contributed by atoms with E-state index in [-0.39, 0.29) is 5.60 Å². The maximum atomic E-state index is 11.2. The van der Waals surface area contributed by atoms with E-state index in [4.69, 9.17) is 0 Å². The number of hydrogen-bond donors (Lipinski definition) is 1. The van der Waals surface area contributed by atoms with Crippen LogP contribution in [0.3, 0.4) is 0 Å². The smallest absolute Gasteiger partial charge is 0.0689 e. The van der Waals surface area contributed by atoms with Crippen molar-refractivity contribution in [2.75, 3.05) is 0 Å². The minimum atomic E-state index is -0.305. The Kier molecular flexibility index (Phi) is 2.47. The van der Waals surface area contributed by atoms with Crippen LogP contribution in [0.15, 0.2) is 0 Å². The van der Waals surface area contributed by atoms with Gasteiger partial charge in [0.05, 0.1) is 5.60 Å². The highest BCUT2D eigenvalue weighted by atomic mass is 16.3. The minimum absolute atomic E-state index is 0.305.